The van der Waals surface area contributed by atoms with Crippen LogP contribution in [0.2, 0.25) is 0 Å². The molecular weight excluding hydrogens is 334 g/mol. The second-order valence-electron chi connectivity index (χ2n) is 7.44. The number of imide groups is 1. The molecule has 2 fully saturated rings. The first-order valence-electron chi connectivity index (χ1n) is 9.06. The zero-order chi connectivity index (χ0) is 18.5. The molecule has 2 saturated heterocycles. The minimum absolute atomic E-state index is 0.0566. The summed E-state index contributed by atoms with van der Waals surface area (Å²) in [4.78, 5) is 41.0. The Morgan fingerprint density at radius 1 is 1.23 bits per heavy atom. The Bertz CT molecular complexity index is 770. The number of hydrogen-bond acceptors (Lipinski definition) is 4. The molecule has 0 saturated carbocycles. The zero-order valence-electron chi connectivity index (χ0n) is 15.0. The molecule has 4 amide bonds. The standard InChI is InChI=1S/C19H23N3O4/c1-12-9-21(10-13(2)26-12)16(23)11-22-17(24)19(20-18(22)25)8-7-14-5-3-4-6-15(14)19/h3-6,12-13H,7-11H2,1-2H3,(H,20,25)/t12-,13-,19-/m1/s1. The predicted molar refractivity (Wildman–Crippen MR) is 93.3 cm³/mol. The van der Waals surface area contributed by atoms with Crippen molar-refractivity contribution in [1.82, 2.24) is 15.1 Å². The van der Waals surface area contributed by atoms with E-state index in [2.05, 4.69) is 5.32 Å². The average Bonchev–Trinajstić information content (AvgIpc) is 3.08. The summed E-state index contributed by atoms with van der Waals surface area (Å²) in [7, 11) is 0. The number of carbonyl (C=O) groups is 3. The minimum atomic E-state index is -1.01. The van der Waals surface area contributed by atoms with Crippen molar-refractivity contribution < 1.29 is 19.1 Å². The van der Waals surface area contributed by atoms with Gasteiger partial charge in [0, 0.05) is 13.1 Å². The van der Waals surface area contributed by atoms with Crippen LogP contribution in [-0.4, -0.2) is 59.5 Å². The van der Waals surface area contributed by atoms with Crippen molar-refractivity contribution in [3.05, 3.63) is 35.4 Å². The van der Waals surface area contributed by atoms with Gasteiger partial charge < -0.3 is 15.0 Å². The lowest BCUT2D eigenvalue weighted by Gasteiger charge is -2.35. The van der Waals surface area contributed by atoms with Gasteiger partial charge in [-0.3, -0.25) is 14.5 Å². The number of ether oxygens (including phenoxy) is 1. The topological polar surface area (TPSA) is 79.0 Å². The monoisotopic (exact) mass is 357 g/mol. The number of amides is 4. The van der Waals surface area contributed by atoms with Crippen LogP contribution in [0.25, 0.3) is 0 Å². The summed E-state index contributed by atoms with van der Waals surface area (Å²) in [6.45, 7) is 4.54. The fourth-order valence-corrected chi connectivity index (χ4v) is 4.35. The molecule has 7 nitrogen and oxygen atoms in total. The highest BCUT2D eigenvalue weighted by molar-refractivity contribution is 6.09. The van der Waals surface area contributed by atoms with E-state index in [0.717, 1.165) is 22.4 Å². The number of nitrogens with zero attached hydrogens (tertiary/aromatic N) is 2. The Labute approximate surface area is 152 Å². The van der Waals surface area contributed by atoms with E-state index in [1.54, 1.807) is 4.90 Å². The number of nitrogens with one attached hydrogen (secondary N) is 1. The average molecular weight is 357 g/mol. The minimum Gasteiger partial charge on any atom is -0.372 e. The Kier molecular flexibility index (Phi) is 3.99. The van der Waals surface area contributed by atoms with Gasteiger partial charge in [0.05, 0.1) is 12.2 Å². The molecule has 1 aliphatic carbocycles. The number of urea groups is 1. The van der Waals surface area contributed by atoms with Gasteiger partial charge in [0.15, 0.2) is 0 Å². The molecule has 1 aromatic carbocycles. The summed E-state index contributed by atoms with van der Waals surface area (Å²) in [5.74, 6) is -0.547. The van der Waals surface area contributed by atoms with E-state index >= 15 is 0 Å². The number of fused-ring (bicyclic) bond motifs is 2. The lowest BCUT2D eigenvalue weighted by molar-refractivity contribution is -0.146. The molecule has 1 spiro atoms. The second kappa shape index (κ2) is 6.09. The normalized spacial score (nSPS) is 30.7. The third-order valence-electron chi connectivity index (χ3n) is 5.49. The highest BCUT2D eigenvalue weighted by Crippen LogP contribution is 2.41. The largest absolute Gasteiger partial charge is 0.372 e. The quantitative estimate of drug-likeness (QED) is 0.802. The van der Waals surface area contributed by atoms with Gasteiger partial charge in [-0.2, -0.15) is 0 Å². The first-order chi connectivity index (χ1) is 12.4. The highest BCUT2D eigenvalue weighted by atomic mass is 16.5. The Morgan fingerprint density at radius 2 is 1.92 bits per heavy atom. The van der Waals surface area contributed by atoms with Crippen molar-refractivity contribution >= 4 is 17.8 Å². The lowest BCUT2D eigenvalue weighted by atomic mass is 9.92. The Hall–Kier alpha value is -2.41. The smallest absolute Gasteiger partial charge is 0.325 e. The summed E-state index contributed by atoms with van der Waals surface area (Å²) in [6, 6.07) is 7.18. The lowest BCUT2D eigenvalue weighted by Crippen LogP contribution is -2.52. The predicted octanol–water partition coefficient (Wildman–Crippen LogP) is 1.02. The van der Waals surface area contributed by atoms with Crippen molar-refractivity contribution in [2.24, 2.45) is 0 Å². The molecule has 26 heavy (non-hydrogen) atoms. The van der Waals surface area contributed by atoms with Crippen molar-refractivity contribution in [2.75, 3.05) is 19.6 Å². The van der Waals surface area contributed by atoms with Crippen molar-refractivity contribution in [3.63, 3.8) is 0 Å². The van der Waals surface area contributed by atoms with Gasteiger partial charge in [-0.05, 0) is 37.8 Å². The van der Waals surface area contributed by atoms with E-state index in [1.807, 2.05) is 38.1 Å². The number of hydrogen-bond donors (Lipinski definition) is 1. The van der Waals surface area contributed by atoms with Gasteiger partial charge in [0.2, 0.25) is 5.91 Å². The summed E-state index contributed by atoms with van der Waals surface area (Å²) in [6.07, 6.45) is 1.16. The maximum absolute atomic E-state index is 13.1. The van der Waals surface area contributed by atoms with E-state index < -0.39 is 11.6 Å². The Morgan fingerprint density at radius 3 is 2.65 bits per heavy atom. The van der Waals surface area contributed by atoms with Crippen LogP contribution in [0, 0.1) is 0 Å². The number of morpholine rings is 1. The van der Waals surface area contributed by atoms with Gasteiger partial charge in [-0.25, -0.2) is 4.79 Å². The second-order valence-corrected chi connectivity index (χ2v) is 7.44. The molecular formula is C19H23N3O4. The fourth-order valence-electron chi connectivity index (χ4n) is 4.35. The molecule has 138 valence electrons. The van der Waals surface area contributed by atoms with Gasteiger partial charge in [-0.15, -0.1) is 0 Å². The molecule has 3 aliphatic rings. The summed E-state index contributed by atoms with van der Waals surface area (Å²) >= 11 is 0. The van der Waals surface area contributed by atoms with Crippen molar-refractivity contribution in [3.8, 4) is 0 Å². The maximum Gasteiger partial charge on any atom is 0.325 e. The molecule has 0 bridgehead atoms. The van der Waals surface area contributed by atoms with Gasteiger partial charge >= 0.3 is 6.03 Å². The fraction of sp³-hybridized carbons (Fsp3) is 0.526. The first-order valence-corrected chi connectivity index (χ1v) is 9.06. The number of benzene rings is 1. The molecule has 1 N–H and O–H groups in total. The van der Waals surface area contributed by atoms with Crippen LogP contribution in [-0.2, 0) is 26.3 Å². The molecule has 0 radical (unpaired) electrons. The number of aryl methyl sites for hydroxylation is 1. The van der Waals surface area contributed by atoms with E-state index in [4.69, 9.17) is 4.74 Å². The highest BCUT2D eigenvalue weighted by Gasteiger charge is 2.55. The molecule has 0 unspecified atom stereocenters. The van der Waals surface area contributed by atoms with E-state index in [-0.39, 0.29) is 30.6 Å². The zero-order valence-corrected chi connectivity index (χ0v) is 15.0. The first kappa shape index (κ1) is 17.0. The van der Waals surface area contributed by atoms with Crippen molar-refractivity contribution in [2.45, 2.75) is 44.4 Å². The van der Waals surface area contributed by atoms with Crippen LogP contribution >= 0.6 is 0 Å². The summed E-state index contributed by atoms with van der Waals surface area (Å²) in [5.41, 5.74) is 0.909. The van der Waals surface area contributed by atoms with Crippen LogP contribution in [0.4, 0.5) is 4.79 Å². The van der Waals surface area contributed by atoms with Crippen LogP contribution in [0.15, 0.2) is 24.3 Å². The molecule has 3 atom stereocenters. The van der Waals surface area contributed by atoms with Crippen LogP contribution in [0.1, 0.15) is 31.4 Å². The molecule has 2 heterocycles. The Balaban J connectivity index is 1.53. The molecule has 4 rings (SSSR count). The molecule has 1 aromatic rings. The van der Waals surface area contributed by atoms with E-state index in [9.17, 15) is 14.4 Å². The SMILES string of the molecule is C[C@@H]1CN(C(=O)CN2C(=O)N[C@@]3(CCc4ccccc43)C2=O)C[C@@H](C)O1. The molecule has 2 aliphatic heterocycles. The molecule has 7 heteroatoms. The number of carbonyl (C=O) groups excluding carboxylic acids is 3. The van der Waals surface area contributed by atoms with Crippen LogP contribution in [0.5, 0.6) is 0 Å². The third kappa shape index (κ3) is 2.58. The maximum atomic E-state index is 13.1. The van der Waals surface area contributed by atoms with Crippen molar-refractivity contribution in [1.29, 1.82) is 0 Å². The third-order valence-corrected chi connectivity index (χ3v) is 5.49. The van der Waals surface area contributed by atoms with E-state index in [1.165, 1.54) is 0 Å². The van der Waals surface area contributed by atoms with Gasteiger partial charge in [-0.1, -0.05) is 24.3 Å². The van der Waals surface area contributed by atoms with Gasteiger partial charge in [0.1, 0.15) is 12.1 Å². The summed E-state index contributed by atoms with van der Waals surface area (Å²) in [5, 5.41) is 2.85. The number of rotatable bonds is 2. The summed E-state index contributed by atoms with van der Waals surface area (Å²) < 4.78 is 5.64. The van der Waals surface area contributed by atoms with Crippen LogP contribution < -0.4 is 5.32 Å². The van der Waals surface area contributed by atoms with Crippen LogP contribution in [0.3, 0.4) is 0 Å². The van der Waals surface area contributed by atoms with Gasteiger partial charge in [0.25, 0.3) is 5.91 Å². The van der Waals surface area contributed by atoms with E-state index in [0.29, 0.717) is 19.5 Å². The molecule has 0 aromatic heterocycles.